The van der Waals surface area contributed by atoms with Crippen LogP contribution < -0.4 is 5.32 Å². The maximum absolute atomic E-state index is 12.7. The zero-order valence-corrected chi connectivity index (χ0v) is 18.8. The van der Waals surface area contributed by atoms with Crippen molar-refractivity contribution in [3.63, 3.8) is 0 Å². The lowest BCUT2D eigenvalue weighted by molar-refractivity contribution is -0.127. The van der Waals surface area contributed by atoms with Crippen molar-refractivity contribution in [3.05, 3.63) is 35.4 Å². The molecule has 1 aliphatic carbocycles. The number of carbonyl (C=O) groups is 1. The van der Waals surface area contributed by atoms with Crippen molar-refractivity contribution in [1.82, 2.24) is 15.1 Å². The van der Waals surface area contributed by atoms with Crippen molar-refractivity contribution in [2.24, 2.45) is 11.3 Å². The largest absolute Gasteiger partial charge is 0.396 e. The van der Waals surface area contributed by atoms with Gasteiger partial charge in [-0.1, -0.05) is 38.1 Å². The number of nitrogens with one attached hydrogen (secondary N) is 1. The first-order valence-corrected chi connectivity index (χ1v) is 11.9. The lowest BCUT2D eigenvalue weighted by Gasteiger charge is -2.43. The molecule has 0 aromatic heterocycles. The minimum Gasteiger partial charge on any atom is -0.396 e. The Balaban J connectivity index is 1.24. The summed E-state index contributed by atoms with van der Waals surface area (Å²) in [6, 6.07) is 10.2. The van der Waals surface area contributed by atoms with E-state index in [4.69, 9.17) is 0 Å². The predicted molar refractivity (Wildman–Crippen MR) is 120 cm³/mol. The molecule has 30 heavy (non-hydrogen) atoms. The van der Waals surface area contributed by atoms with Gasteiger partial charge in [0.15, 0.2) is 0 Å². The van der Waals surface area contributed by atoms with E-state index in [1.807, 2.05) is 13.8 Å². The summed E-state index contributed by atoms with van der Waals surface area (Å²) in [5.41, 5.74) is 2.83. The number of benzene rings is 1. The summed E-state index contributed by atoms with van der Waals surface area (Å²) in [6.45, 7) is 8.99. The van der Waals surface area contributed by atoms with Gasteiger partial charge in [-0.15, -0.1) is 0 Å². The van der Waals surface area contributed by atoms with Crippen LogP contribution in [0.3, 0.4) is 0 Å². The molecule has 2 heterocycles. The molecule has 0 radical (unpaired) electrons. The van der Waals surface area contributed by atoms with Gasteiger partial charge in [0.25, 0.3) is 0 Å². The fourth-order valence-corrected chi connectivity index (χ4v) is 5.49. The Bertz CT molecular complexity index is 702. The van der Waals surface area contributed by atoms with Crippen LogP contribution in [0, 0.1) is 11.3 Å². The zero-order chi connectivity index (χ0) is 21.1. The first kappa shape index (κ1) is 21.8. The molecule has 3 aliphatic rings. The SMILES string of the molecule is CC(C)(CO)CNC(=O)[C@H]1CCCN(C2CCN(C3Cc4ccccc4C3)CC2)C1. The van der Waals surface area contributed by atoms with Crippen LogP contribution in [0.5, 0.6) is 0 Å². The smallest absolute Gasteiger partial charge is 0.224 e. The third-order valence-corrected chi connectivity index (χ3v) is 7.55. The standard InChI is InChI=1S/C25H39N3O2/c1-25(2,18-29)17-26-24(30)21-8-5-11-28(16-21)22-9-12-27(13-10-22)23-14-19-6-3-4-7-20(19)15-23/h3-4,6-7,21-23,29H,5,8-18H2,1-2H3,(H,26,30)/t21-/m0/s1. The number of aliphatic hydroxyl groups excluding tert-OH is 1. The second-order valence-corrected chi connectivity index (χ2v) is 10.5. The summed E-state index contributed by atoms with van der Waals surface area (Å²) < 4.78 is 0. The monoisotopic (exact) mass is 413 g/mol. The molecule has 0 unspecified atom stereocenters. The molecule has 1 aromatic rings. The second-order valence-electron chi connectivity index (χ2n) is 10.5. The van der Waals surface area contributed by atoms with E-state index >= 15 is 0 Å². The Labute approximate surface area is 181 Å². The molecule has 1 atom stereocenters. The van der Waals surface area contributed by atoms with Gasteiger partial charge in [-0.25, -0.2) is 0 Å². The molecule has 2 N–H and O–H groups in total. The molecule has 0 spiro atoms. The van der Waals surface area contributed by atoms with Crippen LogP contribution in [0.25, 0.3) is 0 Å². The summed E-state index contributed by atoms with van der Waals surface area (Å²) in [6.07, 6.45) is 6.95. The molecule has 2 fully saturated rings. The highest BCUT2D eigenvalue weighted by Gasteiger charge is 2.34. The Hall–Kier alpha value is -1.43. The van der Waals surface area contributed by atoms with E-state index in [0.717, 1.165) is 25.9 Å². The van der Waals surface area contributed by atoms with Crippen molar-refractivity contribution in [2.75, 3.05) is 39.3 Å². The fraction of sp³-hybridized carbons (Fsp3) is 0.720. The van der Waals surface area contributed by atoms with Crippen LogP contribution in [0.4, 0.5) is 0 Å². The van der Waals surface area contributed by atoms with Gasteiger partial charge >= 0.3 is 0 Å². The number of nitrogens with zero attached hydrogens (tertiary/aromatic N) is 2. The third-order valence-electron chi connectivity index (χ3n) is 7.55. The average Bonchev–Trinajstić information content (AvgIpc) is 3.22. The molecule has 0 bridgehead atoms. The quantitative estimate of drug-likeness (QED) is 0.752. The fourth-order valence-electron chi connectivity index (χ4n) is 5.49. The van der Waals surface area contributed by atoms with E-state index in [0.29, 0.717) is 18.6 Å². The van der Waals surface area contributed by atoms with E-state index in [2.05, 4.69) is 39.4 Å². The van der Waals surface area contributed by atoms with Crippen LogP contribution in [-0.4, -0.2) is 72.2 Å². The number of hydrogen-bond donors (Lipinski definition) is 2. The highest BCUT2D eigenvalue weighted by molar-refractivity contribution is 5.79. The van der Waals surface area contributed by atoms with Gasteiger partial charge in [-0.3, -0.25) is 14.6 Å². The van der Waals surface area contributed by atoms with E-state index in [1.54, 1.807) is 11.1 Å². The van der Waals surface area contributed by atoms with Crippen molar-refractivity contribution in [3.8, 4) is 0 Å². The maximum atomic E-state index is 12.7. The predicted octanol–water partition coefficient (Wildman–Crippen LogP) is 2.46. The Kier molecular flexibility index (Phi) is 6.81. The first-order valence-electron chi connectivity index (χ1n) is 11.9. The summed E-state index contributed by atoms with van der Waals surface area (Å²) in [4.78, 5) is 18.0. The lowest BCUT2D eigenvalue weighted by Crippen LogP contribution is -2.52. The van der Waals surface area contributed by atoms with Crippen molar-refractivity contribution < 1.29 is 9.90 Å². The number of amides is 1. The third kappa shape index (κ3) is 5.06. The van der Waals surface area contributed by atoms with Crippen molar-refractivity contribution in [1.29, 1.82) is 0 Å². The number of likely N-dealkylation sites (tertiary alicyclic amines) is 2. The van der Waals surface area contributed by atoms with Gasteiger partial charge in [-0.2, -0.15) is 0 Å². The van der Waals surface area contributed by atoms with Crippen molar-refractivity contribution in [2.45, 2.75) is 64.5 Å². The highest BCUT2D eigenvalue weighted by atomic mass is 16.3. The van der Waals surface area contributed by atoms with Gasteiger partial charge in [0.2, 0.25) is 5.91 Å². The number of aliphatic hydroxyl groups is 1. The van der Waals surface area contributed by atoms with Crippen LogP contribution >= 0.6 is 0 Å². The molecule has 5 nitrogen and oxygen atoms in total. The van der Waals surface area contributed by atoms with Crippen LogP contribution in [0.15, 0.2) is 24.3 Å². The van der Waals surface area contributed by atoms with Gasteiger partial charge < -0.3 is 10.4 Å². The number of hydrogen-bond acceptors (Lipinski definition) is 4. The minimum atomic E-state index is -0.253. The second kappa shape index (κ2) is 9.37. The lowest BCUT2D eigenvalue weighted by atomic mass is 9.91. The molecule has 1 aromatic carbocycles. The van der Waals surface area contributed by atoms with E-state index in [9.17, 15) is 9.90 Å². The summed E-state index contributed by atoms with van der Waals surface area (Å²) >= 11 is 0. The number of fused-ring (bicyclic) bond motifs is 1. The van der Waals surface area contributed by atoms with Gasteiger partial charge in [0.05, 0.1) is 5.92 Å². The number of carbonyl (C=O) groups excluding carboxylic acids is 1. The molecule has 5 heteroatoms. The summed E-state index contributed by atoms with van der Waals surface area (Å²) in [7, 11) is 0. The van der Waals surface area contributed by atoms with E-state index < -0.39 is 0 Å². The topological polar surface area (TPSA) is 55.8 Å². The van der Waals surface area contributed by atoms with Crippen LogP contribution in [-0.2, 0) is 17.6 Å². The zero-order valence-electron chi connectivity index (χ0n) is 18.8. The van der Waals surface area contributed by atoms with Gasteiger partial charge in [0.1, 0.15) is 0 Å². The Morgan fingerprint density at radius 3 is 2.33 bits per heavy atom. The highest BCUT2D eigenvalue weighted by Crippen LogP contribution is 2.29. The van der Waals surface area contributed by atoms with Crippen LogP contribution in [0.1, 0.15) is 50.7 Å². The Morgan fingerprint density at radius 1 is 1.03 bits per heavy atom. The number of rotatable bonds is 6. The first-order chi connectivity index (χ1) is 14.4. The minimum absolute atomic E-state index is 0.0920. The molecule has 166 valence electrons. The average molecular weight is 414 g/mol. The van der Waals surface area contributed by atoms with Crippen molar-refractivity contribution >= 4 is 5.91 Å². The molecule has 2 saturated heterocycles. The van der Waals surface area contributed by atoms with Gasteiger partial charge in [-0.05, 0) is 69.3 Å². The molecule has 0 saturated carbocycles. The van der Waals surface area contributed by atoms with Gasteiger partial charge in [0, 0.05) is 37.2 Å². The molecule has 4 rings (SSSR count). The normalized spacial score (nSPS) is 24.7. The van der Waals surface area contributed by atoms with Crippen LogP contribution in [0.2, 0.25) is 0 Å². The number of piperidine rings is 2. The molecular formula is C25H39N3O2. The summed E-state index contributed by atoms with van der Waals surface area (Å²) in [5.74, 6) is 0.262. The van der Waals surface area contributed by atoms with E-state index in [1.165, 1.54) is 38.8 Å². The van der Waals surface area contributed by atoms with E-state index in [-0.39, 0.29) is 23.8 Å². The molecule has 1 amide bonds. The maximum Gasteiger partial charge on any atom is 0.224 e. The summed E-state index contributed by atoms with van der Waals surface area (Å²) in [5, 5.41) is 12.5. The molecular weight excluding hydrogens is 374 g/mol. The Morgan fingerprint density at radius 2 is 1.70 bits per heavy atom. The molecule has 2 aliphatic heterocycles.